The van der Waals surface area contributed by atoms with Crippen LogP contribution in [0, 0.1) is 0 Å². The van der Waals surface area contributed by atoms with E-state index < -0.39 is 17.6 Å². The molecular formula is C16H21ClN2O3. The van der Waals surface area contributed by atoms with E-state index >= 15 is 0 Å². The summed E-state index contributed by atoms with van der Waals surface area (Å²) >= 11 is 5.79. The molecular weight excluding hydrogens is 304 g/mol. The van der Waals surface area contributed by atoms with Crippen LogP contribution in [0.3, 0.4) is 0 Å². The Morgan fingerprint density at radius 3 is 2.36 bits per heavy atom. The molecule has 2 rings (SSSR count). The van der Waals surface area contributed by atoms with Crippen molar-refractivity contribution < 1.29 is 14.7 Å². The molecule has 0 radical (unpaired) electrons. The van der Waals surface area contributed by atoms with Crippen molar-refractivity contribution >= 4 is 23.4 Å². The van der Waals surface area contributed by atoms with Crippen LogP contribution >= 0.6 is 11.6 Å². The van der Waals surface area contributed by atoms with E-state index in [1.54, 1.807) is 24.3 Å². The zero-order chi connectivity index (χ0) is 16.2. The van der Waals surface area contributed by atoms with Gasteiger partial charge < -0.3 is 16.2 Å². The fourth-order valence-electron chi connectivity index (χ4n) is 2.88. The van der Waals surface area contributed by atoms with E-state index in [-0.39, 0.29) is 12.3 Å². The lowest BCUT2D eigenvalue weighted by Gasteiger charge is -2.35. The molecule has 1 fully saturated rings. The molecule has 0 aliphatic heterocycles. The van der Waals surface area contributed by atoms with Crippen LogP contribution < -0.4 is 11.1 Å². The third-order valence-electron chi connectivity index (χ3n) is 4.19. The molecule has 0 aromatic heterocycles. The lowest BCUT2D eigenvalue weighted by molar-refractivity contribution is -0.134. The smallest absolute Gasteiger partial charge is 0.243 e. The second-order valence-corrected chi connectivity index (χ2v) is 6.26. The fourth-order valence-corrected chi connectivity index (χ4v) is 3.01. The van der Waals surface area contributed by atoms with Gasteiger partial charge >= 0.3 is 0 Å². The highest BCUT2D eigenvalue weighted by molar-refractivity contribution is 6.30. The molecule has 1 atom stereocenters. The maximum atomic E-state index is 12.2. The molecule has 1 aromatic carbocycles. The second kappa shape index (κ2) is 7.11. The predicted molar refractivity (Wildman–Crippen MR) is 84.2 cm³/mol. The minimum absolute atomic E-state index is 0.114. The molecule has 22 heavy (non-hydrogen) atoms. The number of carbonyl (C=O) groups excluding carboxylic acids is 2. The van der Waals surface area contributed by atoms with E-state index in [9.17, 15) is 14.7 Å². The Morgan fingerprint density at radius 2 is 1.82 bits per heavy atom. The number of rotatable bonds is 5. The van der Waals surface area contributed by atoms with E-state index in [1.165, 1.54) is 0 Å². The molecule has 1 aliphatic carbocycles. The van der Waals surface area contributed by atoms with Gasteiger partial charge in [-0.3, -0.25) is 9.59 Å². The summed E-state index contributed by atoms with van der Waals surface area (Å²) in [5.41, 5.74) is 5.12. The van der Waals surface area contributed by atoms with Crippen LogP contribution in [-0.2, 0) is 9.59 Å². The van der Waals surface area contributed by atoms with Crippen LogP contribution in [0.2, 0.25) is 5.02 Å². The lowest BCUT2D eigenvalue weighted by Crippen LogP contribution is -2.58. The maximum absolute atomic E-state index is 12.2. The van der Waals surface area contributed by atoms with E-state index in [4.69, 9.17) is 17.3 Å². The van der Waals surface area contributed by atoms with E-state index in [1.807, 2.05) is 0 Å². The highest BCUT2D eigenvalue weighted by atomic mass is 35.5. The summed E-state index contributed by atoms with van der Waals surface area (Å²) in [5, 5.41) is 13.4. The Bertz CT molecular complexity index is 539. The number of aliphatic hydroxyl groups excluding tert-OH is 1. The van der Waals surface area contributed by atoms with Crippen LogP contribution in [0.25, 0.3) is 0 Å². The van der Waals surface area contributed by atoms with Gasteiger partial charge in [0.05, 0.1) is 12.5 Å². The van der Waals surface area contributed by atoms with Crippen molar-refractivity contribution in [2.75, 3.05) is 0 Å². The van der Waals surface area contributed by atoms with Crippen molar-refractivity contribution in [3.63, 3.8) is 0 Å². The average molecular weight is 325 g/mol. The van der Waals surface area contributed by atoms with Crippen molar-refractivity contribution in [1.29, 1.82) is 0 Å². The van der Waals surface area contributed by atoms with Crippen molar-refractivity contribution in [2.45, 2.75) is 50.2 Å². The van der Waals surface area contributed by atoms with Gasteiger partial charge in [0, 0.05) is 5.02 Å². The summed E-state index contributed by atoms with van der Waals surface area (Å²) in [6.07, 6.45) is 2.84. The Morgan fingerprint density at radius 1 is 1.23 bits per heavy atom. The largest absolute Gasteiger partial charge is 0.388 e. The molecule has 4 N–H and O–H groups in total. The zero-order valence-corrected chi connectivity index (χ0v) is 13.1. The Balaban J connectivity index is 1.99. The monoisotopic (exact) mass is 324 g/mol. The average Bonchev–Trinajstić information content (AvgIpc) is 2.48. The van der Waals surface area contributed by atoms with E-state index in [2.05, 4.69) is 5.32 Å². The first-order valence-corrected chi connectivity index (χ1v) is 7.85. The number of primary amides is 1. The molecule has 1 saturated carbocycles. The van der Waals surface area contributed by atoms with Crippen molar-refractivity contribution in [1.82, 2.24) is 5.32 Å². The number of hydrogen-bond acceptors (Lipinski definition) is 3. The number of amides is 2. The van der Waals surface area contributed by atoms with E-state index in [0.29, 0.717) is 23.4 Å². The summed E-state index contributed by atoms with van der Waals surface area (Å²) in [7, 11) is 0. The minimum Gasteiger partial charge on any atom is -0.388 e. The molecule has 0 bridgehead atoms. The van der Waals surface area contributed by atoms with Crippen LogP contribution in [0.15, 0.2) is 24.3 Å². The van der Waals surface area contributed by atoms with Crippen LogP contribution in [0.4, 0.5) is 0 Å². The second-order valence-electron chi connectivity index (χ2n) is 5.83. The molecule has 6 heteroatoms. The predicted octanol–water partition coefficient (Wildman–Crippen LogP) is 2.07. The minimum atomic E-state index is -0.963. The molecule has 120 valence electrons. The van der Waals surface area contributed by atoms with Gasteiger partial charge in [-0.15, -0.1) is 0 Å². The molecule has 0 saturated heterocycles. The summed E-state index contributed by atoms with van der Waals surface area (Å²) in [5.74, 6) is -0.871. The summed E-state index contributed by atoms with van der Waals surface area (Å²) < 4.78 is 0. The summed E-state index contributed by atoms with van der Waals surface area (Å²) in [6.45, 7) is 0. The Hall–Kier alpha value is -1.59. The van der Waals surface area contributed by atoms with Crippen LogP contribution in [0.1, 0.15) is 50.2 Å². The quantitative estimate of drug-likeness (QED) is 0.774. The number of carbonyl (C=O) groups is 2. The number of aliphatic hydroxyl groups is 1. The summed E-state index contributed by atoms with van der Waals surface area (Å²) in [6, 6.07) is 6.66. The maximum Gasteiger partial charge on any atom is 0.243 e. The molecule has 2 amide bonds. The summed E-state index contributed by atoms with van der Waals surface area (Å²) in [4.78, 5) is 23.9. The van der Waals surface area contributed by atoms with Gasteiger partial charge in [0.1, 0.15) is 5.54 Å². The normalized spacial score (nSPS) is 18.5. The Kier molecular flexibility index (Phi) is 5.42. The first-order valence-electron chi connectivity index (χ1n) is 7.47. The molecule has 1 aromatic rings. The topological polar surface area (TPSA) is 92.4 Å². The van der Waals surface area contributed by atoms with E-state index in [0.717, 1.165) is 19.3 Å². The van der Waals surface area contributed by atoms with Crippen molar-refractivity contribution in [3.8, 4) is 0 Å². The third kappa shape index (κ3) is 3.99. The van der Waals surface area contributed by atoms with Gasteiger partial charge in [0.2, 0.25) is 11.8 Å². The molecule has 1 aliphatic rings. The SMILES string of the molecule is NC(=O)C1(NC(=O)CC(O)c2ccc(Cl)cc2)CCCCC1. The zero-order valence-electron chi connectivity index (χ0n) is 12.3. The van der Waals surface area contributed by atoms with Gasteiger partial charge in [-0.1, -0.05) is 43.0 Å². The van der Waals surface area contributed by atoms with Gasteiger partial charge in [-0.25, -0.2) is 0 Å². The highest BCUT2D eigenvalue weighted by Crippen LogP contribution is 2.28. The van der Waals surface area contributed by atoms with Crippen molar-refractivity contribution in [2.24, 2.45) is 5.73 Å². The number of nitrogens with one attached hydrogen (secondary N) is 1. The first-order chi connectivity index (χ1) is 10.4. The molecule has 0 heterocycles. The molecule has 1 unspecified atom stereocenters. The highest BCUT2D eigenvalue weighted by Gasteiger charge is 2.39. The van der Waals surface area contributed by atoms with Crippen LogP contribution in [-0.4, -0.2) is 22.5 Å². The lowest BCUT2D eigenvalue weighted by atomic mass is 9.81. The first kappa shape index (κ1) is 16.8. The van der Waals surface area contributed by atoms with Gasteiger partial charge in [0.15, 0.2) is 0 Å². The standard InChI is InChI=1S/C16H21ClN2O3/c17-12-6-4-11(5-7-12)13(20)10-14(21)19-16(15(18)22)8-2-1-3-9-16/h4-7,13,20H,1-3,8-10H2,(H2,18,22)(H,19,21). The molecule has 5 nitrogen and oxygen atoms in total. The van der Waals surface area contributed by atoms with Gasteiger partial charge in [0.25, 0.3) is 0 Å². The Labute approximate surface area is 134 Å². The van der Waals surface area contributed by atoms with Gasteiger partial charge in [-0.2, -0.15) is 0 Å². The number of benzene rings is 1. The number of hydrogen-bond donors (Lipinski definition) is 3. The molecule has 0 spiro atoms. The van der Waals surface area contributed by atoms with Crippen LogP contribution in [0.5, 0.6) is 0 Å². The number of halogens is 1. The van der Waals surface area contributed by atoms with Gasteiger partial charge in [-0.05, 0) is 30.5 Å². The number of nitrogens with two attached hydrogens (primary N) is 1. The van der Waals surface area contributed by atoms with Crippen molar-refractivity contribution in [3.05, 3.63) is 34.9 Å². The third-order valence-corrected chi connectivity index (χ3v) is 4.44. The fraction of sp³-hybridized carbons (Fsp3) is 0.500.